The molecule has 6 nitrogen and oxygen atoms in total. The first-order chi connectivity index (χ1) is 16.9. The highest BCUT2D eigenvalue weighted by Gasteiger charge is 2.27. The molecule has 0 unspecified atom stereocenters. The number of amides is 2. The van der Waals surface area contributed by atoms with Gasteiger partial charge in [-0.05, 0) is 68.4 Å². The van der Waals surface area contributed by atoms with Crippen molar-refractivity contribution in [2.75, 3.05) is 33.4 Å². The predicted octanol–water partition coefficient (Wildman–Crippen LogP) is 5.21. The Kier molecular flexibility index (Phi) is 10.0. The lowest BCUT2D eigenvalue weighted by atomic mass is 10.0. The van der Waals surface area contributed by atoms with E-state index in [1.54, 1.807) is 7.11 Å². The average Bonchev–Trinajstić information content (AvgIpc) is 2.87. The molecule has 190 valence electrons. The Morgan fingerprint density at radius 1 is 1.06 bits per heavy atom. The number of methoxy groups -OCH3 is 1. The maximum atomic E-state index is 13.6. The molecule has 0 saturated carbocycles. The number of nitrogens with zero attached hydrogens (tertiary/aromatic N) is 2. The normalized spacial score (nSPS) is 17.6. The van der Waals surface area contributed by atoms with Crippen LogP contribution < -0.4 is 9.47 Å². The van der Waals surface area contributed by atoms with Gasteiger partial charge in [0.2, 0.25) is 5.91 Å². The van der Waals surface area contributed by atoms with E-state index in [4.69, 9.17) is 9.47 Å². The lowest BCUT2D eigenvalue weighted by Gasteiger charge is -2.33. The zero-order valence-corrected chi connectivity index (χ0v) is 21.7. The second kappa shape index (κ2) is 13.2. The van der Waals surface area contributed by atoms with Crippen LogP contribution in [0.1, 0.15) is 62.4 Å². The van der Waals surface area contributed by atoms with Gasteiger partial charge in [-0.15, -0.1) is 0 Å². The molecule has 0 spiro atoms. The Morgan fingerprint density at radius 3 is 2.46 bits per heavy atom. The highest BCUT2D eigenvalue weighted by Crippen LogP contribution is 2.24. The van der Waals surface area contributed by atoms with Crippen LogP contribution in [-0.4, -0.2) is 61.0 Å². The molecule has 6 heteroatoms. The van der Waals surface area contributed by atoms with Gasteiger partial charge in [-0.1, -0.05) is 38.1 Å². The van der Waals surface area contributed by atoms with Gasteiger partial charge in [0.05, 0.1) is 25.1 Å². The summed E-state index contributed by atoms with van der Waals surface area (Å²) >= 11 is 0. The summed E-state index contributed by atoms with van der Waals surface area (Å²) in [6.45, 7) is 8.78. The number of carbonyl (C=O) groups excluding carboxylic acids is 2. The van der Waals surface area contributed by atoms with Crippen molar-refractivity contribution >= 4 is 11.8 Å². The van der Waals surface area contributed by atoms with Gasteiger partial charge in [0.25, 0.3) is 5.91 Å². The smallest absolute Gasteiger partial charge is 0.257 e. The molecule has 0 bridgehead atoms. The largest absolute Gasteiger partial charge is 0.497 e. The fourth-order valence-electron chi connectivity index (χ4n) is 4.65. The minimum absolute atomic E-state index is 0.00944. The van der Waals surface area contributed by atoms with E-state index in [9.17, 15) is 9.59 Å². The van der Waals surface area contributed by atoms with Crippen LogP contribution in [0.2, 0.25) is 0 Å². The number of rotatable bonds is 6. The van der Waals surface area contributed by atoms with Gasteiger partial charge >= 0.3 is 0 Å². The van der Waals surface area contributed by atoms with E-state index in [0.29, 0.717) is 49.9 Å². The van der Waals surface area contributed by atoms with Crippen molar-refractivity contribution in [3.05, 3.63) is 59.7 Å². The minimum Gasteiger partial charge on any atom is -0.497 e. The summed E-state index contributed by atoms with van der Waals surface area (Å²) in [5, 5.41) is 0. The van der Waals surface area contributed by atoms with Crippen molar-refractivity contribution in [2.24, 2.45) is 5.92 Å². The van der Waals surface area contributed by atoms with Crippen molar-refractivity contribution < 1.29 is 19.1 Å². The van der Waals surface area contributed by atoms with Crippen molar-refractivity contribution in [3.63, 3.8) is 0 Å². The summed E-state index contributed by atoms with van der Waals surface area (Å²) in [5.41, 5.74) is 1.56. The monoisotopic (exact) mass is 480 g/mol. The van der Waals surface area contributed by atoms with E-state index in [1.165, 1.54) is 0 Å². The molecule has 3 rings (SSSR count). The van der Waals surface area contributed by atoms with Crippen LogP contribution in [-0.2, 0) is 11.2 Å². The highest BCUT2D eigenvalue weighted by atomic mass is 16.5. The second-order valence-electron chi connectivity index (χ2n) is 9.65. The maximum absolute atomic E-state index is 13.6. The Balaban J connectivity index is 1.86. The van der Waals surface area contributed by atoms with Crippen LogP contribution in [0.3, 0.4) is 0 Å². The molecule has 1 atom stereocenters. The Bertz CT molecular complexity index is 957. The summed E-state index contributed by atoms with van der Waals surface area (Å²) in [7, 11) is 1.64. The number of fused-ring (bicyclic) bond motifs is 1. The molecule has 0 aliphatic carbocycles. The lowest BCUT2D eigenvalue weighted by Crippen LogP contribution is -2.45. The first-order valence-electron chi connectivity index (χ1n) is 12.9. The quantitative estimate of drug-likeness (QED) is 0.570. The molecule has 1 heterocycles. The van der Waals surface area contributed by atoms with E-state index >= 15 is 0 Å². The molecule has 2 aromatic carbocycles. The third-order valence-corrected chi connectivity index (χ3v) is 6.56. The van der Waals surface area contributed by atoms with Crippen molar-refractivity contribution in [1.82, 2.24) is 9.80 Å². The van der Waals surface area contributed by atoms with Gasteiger partial charge in [0.1, 0.15) is 18.1 Å². The third-order valence-electron chi connectivity index (χ3n) is 6.56. The Labute approximate surface area is 210 Å². The lowest BCUT2D eigenvalue weighted by molar-refractivity contribution is -0.134. The standard InChI is InChI=1S/C29H40N2O4/c1-5-30-17-9-6-10-18-31(28(32)20-23-13-15-25(34-4)16-14-23)24(19-22(2)3)21-35-27-12-8-7-11-26(27)29(30)33/h7-8,11-16,22,24H,5-6,9-10,17-21H2,1-4H3/t24-/m0/s1. The molecule has 0 radical (unpaired) electrons. The second-order valence-corrected chi connectivity index (χ2v) is 9.65. The molecule has 35 heavy (non-hydrogen) atoms. The molecule has 0 aromatic heterocycles. The summed E-state index contributed by atoms with van der Waals surface area (Å²) in [6, 6.07) is 15.1. The molecular weight excluding hydrogens is 440 g/mol. The Hall–Kier alpha value is -3.02. The number of carbonyl (C=O) groups is 2. The van der Waals surface area contributed by atoms with Crippen molar-refractivity contribution in [2.45, 2.75) is 58.9 Å². The maximum Gasteiger partial charge on any atom is 0.257 e. The fourth-order valence-corrected chi connectivity index (χ4v) is 4.65. The highest BCUT2D eigenvalue weighted by molar-refractivity contribution is 5.97. The van der Waals surface area contributed by atoms with Crippen molar-refractivity contribution in [3.8, 4) is 11.5 Å². The summed E-state index contributed by atoms with van der Waals surface area (Å²) in [6.07, 6.45) is 3.97. The van der Waals surface area contributed by atoms with Gasteiger partial charge in [-0.25, -0.2) is 0 Å². The van der Waals surface area contributed by atoms with Crippen LogP contribution in [0.25, 0.3) is 0 Å². The number of para-hydroxylation sites is 1. The fraction of sp³-hybridized carbons (Fsp3) is 0.517. The van der Waals surface area contributed by atoms with Crippen molar-refractivity contribution in [1.29, 1.82) is 0 Å². The molecule has 0 N–H and O–H groups in total. The van der Waals surface area contributed by atoms with Gasteiger partial charge in [0.15, 0.2) is 0 Å². The van der Waals surface area contributed by atoms with Crippen LogP contribution in [0.5, 0.6) is 11.5 Å². The molecule has 2 amide bonds. The van der Waals surface area contributed by atoms with Gasteiger partial charge in [-0.2, -0.15) is 0 Å². The summed E-state index contributed by atoms with van der Waals surface area (Å²) < 4.78 is 11.5. The van der Waals surface area contributed by atoms with E-state index in [1.807, 2.05) is 65.3 Å². The topological polar surface area (TPSA) is 59.1 Å². The van der Waals surface area contributed by atoms with Gasteiger partial charge < -0.3 is 19.3 Å². The predicted molar refractivity (Wildman–Crippen MR) is 139 cm³/mol. The number of ether oxygens (including phenoxy) is 2. The van der Waals surface area contributed by atoms with Crippen LogP contribution >= 0.6 is 0 Å². The molecule has 2 aromatic rings. The number of hydrogen-bond acceptors (Lipinski definition) is 4. The molecule has 1 aliphatic rings. The zero-order chi connectivity index (χ0) is 25.2. The molecular formula is C29H40N2O4. The van der Waals surface area contributed by atoms with E-state index in [-0.39, 0.29) is 17.9 Å². The first-order valence-corrected chi connectivity index (χ1v) is 12.9. The van der Waals surface area contributed by atoms with E-state index in [2.05, 4.69) is 13.8 Å². The van der Waals surface area contributed by atoms with Crippen LogP contribution in [0, 0.1) is 5.92 Å². The third kappa shape index (κ3) is 7.48. The average molecular weight is 481 g/mol. The summed E-state index contributed by atoms with van der Waals surface area (Å²) in [4.78, 5) is 30.7. The van der Waals surface area contributed by atoms with Crippen LogP contribution in [0.4, 0.5) is 0 Å². The number of hydrogen-bond donors (Lipinski definition) is 0. The summed E-state index contributed by atoms with van der Waals surface area (Å²) in [5.74, 6) is 1.90. The zero-order valence-electron chi connectivity index (χ0n) is 21.7. The first kappa shape index (κ1) is 26.6. The van der Waals surface area contributed by atoms with Crippen LogP contribution in [0.15, 0.2) is 48.5 Å². The van der Waals surface area contributed by atoms with Gasteiger partial charge in [-0.3, -0.25) is 9.59 Å². The molecule has 0 saturated heterocycles. The van der Waals surface area contributed by atoms with E-state index < -0.39 is 0 Å². The molecule has 0 fully saturated rings. The molecule has 1 aliphatic heterocycles. The minimum atomic E-state index is -0.0630. The van der Waals surface area contributed by atoms with Gasteiger partial charge in [0, 0.05) is 19.6 Å². The SMILES string of the molecule is CCN1CCCCCN(C(=O)Cc2ccc(OC)cc2)[C@@H](CC(C)C)COc2ccccc2C1=O. The Morgan fingerprint density at radius 2 is 1.77 bits per heavy atom. The number of benzene rings is 2. The van der Waals surface area contributed by atoms with E-state index in [0.717, 1.165) is 37.0 Å².